The highest BCUT2D eigenvalue weighted by atomic mass is 35.5. The van der Waals surface area contributed by atoms with Gasteiger partial charge in [0.2, 0.25) is 16.5 Å². The van der Waals surface area contributed by atoms with Crippen LogP contribution in [0.2, 0.25) is 10.6 Å². The SMILES string of the molecule is Cc1ccc(C(C)Nc2nc(Cl)nc(Cl)n2)s1. The molecule has 2 aromatic heterocycles. The molecule has 90 valence electrons. The van der Waals surface area contributed by atoms with Crippen LogP contribution >= 0.6 is 34.5 Å². The quantitative estimate of drug-likeness (QED) is 0.935. The highest BCUT2D eigenvalue weighted by Gasteiger charge is 2.10. The second kappa shape index (κ2) is 5.16. The minimum atomic E-state index is 0.0852. The number of hydrogen-bond acceptors (Lipinski definition) is 5. The van der Waals surface area contributed by atoms with E-state index in [0.29, 0.717) is 5.95 Å². The number of aryl methyl sites for hydroxylation is 1. The van der Waals surface area contributed by atoms with Crippen molar-refractivity contribution in [3.63, 3.8) is 0 Å². The first kappa shape index (κ1) is 12.5. The van der Waals surface area contributed by atoms with Crippen LogP contribution in [-0.2, 0) is 0 Å². The predicted octanol–water partition coefficient (Wildman–Crippen LogP) is 3.72. The first-order valence-corrected chi connectivity index (χ1v) is 6.52. The zero-order valence-corrected chi connectivity index (χ0v) is 11.6. The lowest BCUT2D eigenvalue weighted by Gasteiger charge is -2.11. The summed E-state index contributed by atoms with van der Waals surface area (Å²) in [5.74, 6) is 0.383. The fourth-order valence-corrected chi connectivity index (χ4v) is 2.58. The average Bonchev–Trinajstić information content (AvgIpc) is 2.63. The van der Waals surface area contributed by atoms with E-state index in [4.69, 9.17) is 23.2 Å². The van der Waals surface area contributed by atoms with Crippen molar-refractivity contribution in [3.05, 3.63) is 32.5 Å². The number of nitrogens with one attached hydrogen (secondary N) is 1. The first-order valence-electron chi connectivity index (χ1n) is 4.94. The minimum absolute atomic E-state index is 0.0852. The highest BCUT2D eigenvalue weighted by Crippen LogP contribution is 2.25. The van der Waals surface area contributed by atoms with E-state index < -0.39 is 0 Å². The van der Waals surface area contributed by atoms with Gasteiger partial charge in [-0.2, -0.15) is 15.0 Å². The third-order valence-corrected chi connectivity index (χ3v) is 3.64. The van der Waals surface area contributed by atoms with Gasteiger partial charge in [0.25, 0.3) is 0 Å². The summed E-state index contributed by atoms with van der Waals surface area (Å²) in [6.07, 6.45) is 0. The Labute approximate surface area is 113 Å². The Hall–Kier alpha value is -0.910. The Morgan fingerprint density at radius 2 is 1.82 bits per heavy atom. The summed E-state index contributed by atoms with van der Waals surface area (Å²) in [7, 11) is 0. The lowest BCUT2D eigenvalue weighted by atomic mass is 10.3. The number of hydrogen-bond donors (Lipinski definition) is 1. The van der Waals surface area contributed by atoms with E-state index in [9.17, 15) is 0 Å². The van der Waals surface area contributed by atoms with Crippen molar-refractivity contribution in [2.45, 2.75) is 19.9 Å². The molecule has 2 heterocycles. The standard InChI is InChI=1S/C10H10Cl2N4S/c1-5-3-4-7(17-5)6(2)13-10-15-8(11)14-9(12)16-10/h3-4,6H,1-2H3,(H,13,14,15,16). The second-order valence-corrected chi connectivity index (χ2v) is 5.51. The zero-order valence-electron chi connectivity index (χ0n) is 9.24. The van der Waals surface area contributed by atoms with Gasteiger partial charge in [0.05, 0.1) is 6.04 Å². The second-order valence-electron chi connectivity index (χ2n) is 3.51. The Morgan fingerprint density at radius 3 is 2.35 bits per heavy atom. The summed E-state index contributed by atoms with van der Waals surface area (Å²) in [5.41, 5.74) is 0. The van der Waals surface area contributed by atoms with Crippen LogP contribution in [0, 0.1) is 6.92 Å². The van der Waals surface area contributed by atoms with Gasteiger partial charge in [-0.1, -0.05) is 0 Å². The predicted molar refractivity (Wildman–Crippen MR) is 70.9 cm³/mol. The van der Waals surface area contributed by atoms with E-state index in [-0.39, 0.29) is 16.6 Å². The maximum absolute atomic E-state index is 5.70. The topological polar surface area (TPSA) is 50.7 Å². The van der Waals surface area contributed by atoms with Crippen LogP contribution in [0.5, 0.6) is 0 Å². The van der Waals surface area contributed by atoms with Crippen molar-refractivity contribution in [1.29, 1.82) is 0 Å². The fourth-order valence-electron chi connectivity index (χ4n) is 1.34. The Morgan fingerprint density at radius 1 is 1.18 bits per heavy atom. The molecule has 0 spiro atoms. The Kier molecular flexibility index (Phi) is 3.81. The molecule has 2 aromatic rings. The summed E-state index contributed by atoms with van der Waals surface area (Å²) in [4.78, 5) is 14.1. The van der Waals surface area contributed by atoms with E-state index in [2.05, 4.69) is 39.3 Å². The van der Waals surface area contributed by atoms with Crippen molar-refractivity contribution in [1.82, 2.24) is 15.0 Å². The largest absolute Gasteiger partial charge is 0.347 e. The third-order valence-electron chi connectivity index (χ3n) is 2.11. The molecule has 1 N–H and O–H groups in total. The fraction of sp³-hybridized carbons (Fsp3) is 0.300. The van der Waals surface area contributed by atoms with Crippen LogP contribution < -0.4 is 5.32 Å². The summed E-state index contributed by atoms with van der Waals surface area (Å²) >= 11 is 13.1. The smallest absolute Gasteiger partial charge is 0.228 e. The molecule has 0 radical (unpaired) electrons. The monoisotopic (exact) mass is 288 g/mol. The average molecular weight is 289 g/mol. The zero-order chi connectivity index (χ0) is 12.4. The molecule has 0 aromatic carbocycles. The minimum Gasteiger partial charge on any atom is -0.347 e. The number of rotatable bonds is 3. The molecule has 0 aliphatic heterocycles. The number of halogens is 2. The third kappa shape index (κ3) is 3.28. The summed E-state index contributed by atoms with van der Waals surface area (Å²) in [5, 5.41) is 3.30. The maximum atomic E-state index is 5.70. The van der Waals surface area contributed by atoms with Crippen LogP contribution in [0.25, 0.3) is 0 Å². The van der Waals surface area contributed by atoms with E-state index >= 15 is 0 Å². The molecule has 1 atom stereocenters. The van der Waals surface area contributed by atoms with Crippen LogP contribution in [0.4, 0.5) is 5.95 Å². The molecule has 0 aliphatic rings. The number of nitrogens with zero attached hydrogens (tertiary/aromatic N) is 3. The van der Waals surface area contributed by atoms with Crippen molar-refractivity contribution in [2.75, 3.05) is 5.32 Å². The van der Waals surface area contributed by atoms with Gasteiger partial charge in [0.1, 0.15) is 0 Å². The van der Waals surface area contributed by atoms with Gasteiger partial charge < -0.3 is 5.32 Å². The highest BCUT2D eigenvalue weighted by molar-refractivity contribution is 7.12. The summed E-state index contributed by atoms with van der Waals surface area (Å²) < 4.78 is 0. The van der Waals surface area contributed by atoms with Gasteiger partial charge >= 0.3 is 0 Å². The molecule has 2 rings (SSSR count). The Balaban J connectivity index is 2.15. The van der Waals surface area contributed by atoms with Crippen molar-refractivity contribution < 1.29 is 0 Å². The number of thiophene rings is 1. The molecule has 0 saturated heterocycles. The van der Waals surface area contributed by atoms with E-state index in [1.807, 2.05) is 6.92 Å². The maximum Gasteiger partial charge on any atom is 0.228 e. The molecule has 7 heteroatoms. The number of anilines is 1. The van der Waals surface area contributed by atoms with Gasteiger partial charge in [0, 0.05) is 9.75 Å². The van der Waals surface area contributed by atoms with E-state index in [0.717, 1.165) is 0 Å². The van der Waals surface area contributed by atoms with Gasteiger partial charge in [-0.25, -0.2) is 0 Å². The molecular weight excluding hydrogens is 279 g/mol. The normalized spacial score (nSPS) is 12.5. The van der Waals surface area contributed by atoms with Crippen LogP contribution in [0.3, 0.4) is 0 Å². The molecular formula is C10H10Cl2N4S. The summed E-state index contributed by atoms with van der Waals surface area (Å²) in [6, 6.07) is 4.25. The van der Waals surface area contributed by atoms with E-state index in [1.165, 1.54) is 9.75 Å². The first-order chi connectivity index (χ1) is 8.04. The van der Waals surface area contributed by atoms with Crippen LogP contribution in [0.1, 0.15) is 22.7 Å². The van der Waals surface area contributed by atoms with Gasteiger partial charge in [-0.05, 0) is 49.2 Å². The van der Waals surface area contributed by atoms with Crippen molar-refractivity contribution in [3.8, 4) is 0 Å². The molecule has 0 bridgehead atoms. The lowest BCUT2D eigenvalue weighted by Crippen LogP contribution is -2.08. The summed E-state index contributed by atoms with van der Waals surface area (Å²) in [6.45, 7) is 4.09. The van der Waals surface area contributed by atoms with Gasteiger partial charge in [-0.15, -0.1) is 11.3 Å². The van der Waals surface area contributed by atoms with Crippen molar-refractivity contribution >= 4 is 40.5 Å². The molecule has 0 aliphatic carbocycles. The molecule has 4 nitrogen and oxygen atoms in total. The molecule has 0 saturated carbocycles. The van der Waals surface area contributed by atoms with Gasteiger partial charge in [-0.3, -0.25) is 0 Å². The molecule has 0 amide bonds. The van der Waals surface area contributed by atoms with Crippen LogP contribution in [0.15, 0.2) is 12.1 Å². The Bertz CT molecular complexity index is 509. The lowest BCUT2D eigenvalue weighted by molar-refractivity contribution is 0.871. The van der Waals surface area contributed by atoms with Crippen molar-refractivity contribution in [2.24, 2.45) is 0 Å². The molecule has 17 heavy (non-hydrogen) atoms. The van der Waals surface area contributed by atoms with E-state index in [1.54, 1.807) is 11.3 Å². The number of aromatic nitrogens is 3. The molecule has 1 unspecified atom stereocenters. The van der Waals surface area contributed by atoms with Gasteiger partial charge in [0.15, 0.2) is 0 Å². The van der Waals surface area contributed by atoms with Crippen LogP contribution in [-0.4, -0.2) is 15.0 Å². The molecule has 0 fully saturated rings.